The summed E-state index contributed by atoms with van der Waals surface area (Å²) in [5, 5.41) is 6.56. The second kappa shape index (κ2) is 5.96. The van der Waals surface area contributed by atoms with Crippen LogP contribution in [0.3, 0.4) is 0 Å². The van der Waals surface area contributed by atoms with Crippen molar-refractivity contribution in [2.75, 3.05) is 6.54 Å². The number of carbonyl (C=O) groups excluding carboxylic acids is 1. The van der Waals surface area contributed by atoms with Crippen LogP contribution in [-0.2, 0) is 17.6 Å². The molecule has 1 amide bonds. The molecule has 20 heavy (non-hydrogen) atoms. The van der Waals surface area contributed by atoms with Crippen molar-refractivity contribution in [3.8, 4) is 0 Å². The van der Waals surface area contributed by atoms with Gasteiger partial charge >= 0.3 is 0 Å². The normalized spacial score (nSPS) is 23.2. The van der Waals surface area contributed by atoms with E-state index in [-0.39, 0.29) is 5.91 Å². The van der Waals surface area contributed by atoms with Crippen LogP contribution >= 0.6 is 0 Å². The Morgan fingerprint density at radius 2 is 2.05 bits per heavy atom. The smallest absolute Gasteiger partial charge is 0.220 e. The predicted octanol–water partition coefficient (Wildman–Crippen LogP) is 2.49. The lowest BCUT2D eigenvalue weighted by atomic mass is 9.89. The van der Waals surface area contributed by atoms with Crippen molar-refractivity contribution in [1.29, 1.82) is 0 Å². The summed E-state index contributed by atoms with van der Waals surface area (Å²) in [5.74, 6) is 0.193. The number of amides is 1. The first-order valence-electron chi connectivity index (χ1n) is 7.87. The highest BCUT2D eigenvalue weighted by Gasteiger charge is 2.21. The molecular weight excluding hydrogens is 248 g/mol. The van der Waals surface area contributed by atoms with Gasteiger partial charge in [-0.3, -0.25) is 4.79 Å². The molecular formula is C17H24N2O. The third kappa shape index (κ3) is 3.04. The Kier molecular flexibility index (Phi) is 4.06. The number of fused-ring (bicyclic) bond motifs is 1. The molecule has 1 heterocycles. The summed E-state index contributed by atoms with van der Waals surface area (Å²) < 4.78 is 0. The SMILES string of the molecule is CC(NCC1CCC(=O)N1)c1ccc2c(c1)CCCC2. The summed E-state index contributed by atoms with van der Waals surface area (Å²) in [6.45, 7) is 3.07. The van der Waals surface area contributed by atoms with Crippen LogP contribution in [0.2, 0.25) is 0 Å². The topological polar surface area (TPSA) is 41.1 Å². The van der Waals surface area contributed by atoms with Crippen LogP contribution in [0.25, 0.3) is 0 Å². The molecule has 1 aliphatic heterocycles. The summed E-state index contributed by atoms with van der Waals surface area (Å²) in [6.07, 6.45) is 6.77. The predicted molar refractivity (Wildman–Crippen MR) is 80.7 cm³/mol. The fraction of sp³-hybridized carbons (Fsp3) is 0.588. The lowest BCUT2D eigenvalue weighted by molar-refractivity contribution is -0.119. The molecule has 0 bridgehead atoms. The number of rotatable bonds is 4. The highest BCUT2D eigenvalue weighted by molar-refractivity contribution is 5.78. The highest BCUT2D eigenvalue weighted by Crippen LogP contribution is 2.24. The van der Waals surface area contributed by atoms with Crippen molar-refractivity contribution >= 4 is 5.91 Å². The Bertz CT molecular complexity index is 498. The molecule has 2 unspecified atom stereocenters. The van der Waals surface area contributed by atoms with Crippen molar-refractivity contribution in [3.05, 3.63) is 34.9 Å². The Hall–Kier alpha value is -1.35. The second-order valence-electron chi connectivity index (χ2n) is 6.17. The van der Waals surface area contributed by atoms with Crippen LogP contribution in [0.1, 0.15) is 55.3 Å². The quantitative estimate of drug-likeness (QED) is 0.884. The largest absolute Gasteiger partial charge is 0.352 e. The van der Waals surface area contributed by atoms with E-state index in [1.54, 1.807) is 0 Å². The van der Waals surface area contributed by atoms with Crippen LogP contribution in [0, 0.1) is 0 Å². The lowest BCUT2D eigenvalue weighted by Gasteiger charge is -2.21. The summed E-state index contributed by atoms with van der Waals surface area (Å²) >= 11 is 0. The van der Waals surface area contributed by atoms with Crippen molar-refractivity contribution in [2.24, 2.45) is 0 Å². The van der Waals surface area contributed by atoms with Crippen molar-refractivity contribution < 1.29 is 4.79 Å². The molecule has 1 aliphatic carbocycles. The van der Waals surface area contributed by atoms with Crippen LogP contribution in [0.5, 0.6) is 0 Å². The van der Waals surface area contributed by atoms with Gasteiger partial charge in [-0.15, -0.1) is 0 Å². The Labute approximate surface area is 121 Å². The van der Waals surface area contributed by atoms with Gasteiger partial charge in [0.15, 0.2) is 0 Å². The standard InChI is InChI=1S/C17H24N2O/c1-12(18-11-16-8-9-17(20)19-16)14-7-6-13-4-2-3-5-15(13)10-14/h6-7,10,12,16,18H,2-5,8-9,11H2,1H3,(H,19,20). The van der Waals surface area contributed by atoms with Crippen LogP contribution in [-0.4, -0.2) is 18.5 Å². The Morgan fingerprint density at radius 1 is 1.25 bits per heavy atom. The first kappa shape index (κ1) is 13.6. The van der Waals surface area contributed by atoms with E-state index in [9.17, 15) is 4.79 Å². The lowest BCUT2D eigenvalue weighted by Crippen LogP contribution is -2.36. The first-order valence-corrected chi connectivity index (χ1v) is 7.87. The number of benzene rings is 1. The van der Waals surface area contributed by atoms with Gasteiger partial charge in [-0.25, -0.2) is 0 Å². The molecule has 3 rings (SSSR count). The van der Waals surface area contributed by atoms with Gasteiger partial charge in [-0.05, 0) is 55.7 Å². The molecule has 1 fully saturated rings. The molecule has 2 atom stereocenters. The molecule has 0 aromatic heterocycles. The van der Waals surface area contributed by atoms with E-state index in [1.807, 2.05) is 0 Å². The van der Waals surface area contributed by atoms with Gasteiger partial charge < -0.3 is 10.6 Å². The van der Waals surface area contributed by atoms with Gasteiger partial charge in [0.2, 0.25) is 5.91 Å². The maximum atomic E-state index is 11.2. The third-order valence-electron chi connectivity index (χ3n) is 4.63. The van der Waals surface area contributed by atoms with Crippen LogP contribution in [0.4, 0.5) is 0 Å². The van der Waals surface area contributed by atoms with E-state index in [4.69, 9.17) is 0 Å². The summed E-state index contributed by atoms with van der Waals surface area (Å²) in [7, 11) is 0. The van der Waals surface area contributed by atoms with E-state index in [0.29, 0.717) is 18.5 Å². The maximum Gasteiger partial charge on any atom is 0.220 e. The molecule has 0 radical (unpaired) electrons. The van der Waals surface area contributed by atoms with Crippen molar-refractivity contribution in [2.45, 2.75) is 57.5 Å². The number of aryl methyl sites for hydroxylation is 2. The number of nitrogens with one attached hydrogen (secondary N) is 2. The van der Waals surface area contributed by atoms with E-state index >= 15 is 0 Å². The van der Waals surface area contributed by atoms with E-state index < -0.39 is 0 Å². The minimum Gasteiger partial charge on any atom is -0.352 e. The summed E-state index contributed by atoms with van der Waals surface area (Å²) in [5.41, 5.74) is 4.45. The average Bonchev–Trinajstić information content (AvgIpc) is 2.90. The molecule has 0 spiro atoms. The van der Waals surface area contributed by atoms with E-state index in [2.05, 4.69) is 35.8 Å². The fourth-order valence-electron chi connectivity index (χ4n) is 3.29. The van der Waals surface area contributed by atoms with Gasteiger partial charge in [0.05, 0.1) is 0 Å². The van der Waals surface area contributed by atoms with Crippen molar-refractivity contribution in [3.63, 3.8) is 0 Å². The fourth-order valence-corrected chi connectivity index (χ4v) is 3.29. The molecule has 2 N–H and O–H groups in total. The van der Waals surface area contributed by atoms with Gasteiger partial charge in [0, 0.05) is 25.0 Å². The zero-order valence-electron chi connectivity index (χ0n) is 12.2. The average molecular weight is 272 g/mol. The molecule has 1 aromatic carbocycles. The van der Waals surface area contributed by atoms with Crippen LogP contribution in [0.15, 0.2) is 18.2 Å². The zero-order chi connectivity index (χ0) is 13.9. The van der Waals surface area contributed by atoms with Gasteiger partial charge in [0.1, 0.15) is 0 Å². The number of hydrogen-bond donors (Lipinski definition) is 2. The van der Waals surface area contributed by atoms with Crippen LogP contribution < -0.4 is 10.6 Å². The molecule has 108 valence electrons. The van der Waals surface area contributed by atoms with Crippen molar-refractivity contribution in [1.82, 2.24) is 10.6 Å². The van der Waals surface area contributed by atoms with Gasteiger partial charge in [-0.2, -0.15) is 0 Å². The summed E-state index contributed by atoms with van der Waals surface area (Å²) in [4.78, 5) is 11.2. The zero-order valence-corrected chi connectivity index (χ0v) is 12.2. The minimum atomic E-state index is 0.193. The monoisotopic (exact) mass is 272 g/mol. The second-order valence-corrected chi connectivity index (χ2v) is 6.17. The Morgan fingerprint density at radius 3 is 2.80 bits per heavy atom. The minimum absolute atomic E-state index is 0.193. The first-order chi connectivity index (χ1) is 9.72. The Balaban J connectivity index is 1.59. The third-order valence-corrected chi connectivity index (χ3v) is 4.63. The molecule has 2 aliphatic rings. The van der Waals surface area contributed by atoms with E-state index in [1.165, 1.54) is 42.4 Å². The molecule has 3 heteroatoms. The highest BCUT2D eigenvalue weighted by atomic mass is 16.1. The maximum absolute atomic E-state index is 11.2. The molecule has 3 nitrogen and oxygen atoms in total. The molecule has 0 saturated carbocycles. The summed E-state index contributed by atoms with van der Waals surface area (Å²) in [6, 6.07) is 7.59. The molecule has 1 saturated heterocycles. The van der Waals surface area contributed by atoms with Gasteiger partial charge in [0.25, 0.3) is 0 Å². The molecule has 1 aromatic rings. The van der Waals surface area contributed by atoms with E-state index in [0.717, 1.165) is 13.0 Å². The number of carbonyl (C=O) groups is 1. The number of hydrogen-bond acceptors (Lipinski definition) is 2. The van der Waals surface area contributed by atoms with Gasteiger partial charge in [-0.1, -0.05) is 18.2 Å².